The fourth-order valence-electron chi connectivity index (χ4n) is 1.07. The minimum atomic E-state index is -2.09. The second-order valence-corrected chi connectivity index (χ2v) is 3.92. The molecule has 1 atom stereocenters. The van der Waals surface area contributed by atoms with Crippen LogP contribution in [0.2, 0.25) is 0 Å². The summed E-state index contributed by atoms with van der Waals surface area (Å²) in [6.07, 6.45) is 0. The number of ether oxygens (including phenoxy) is 1. The van der Waals surface area contributed by atoms with Crippen molar-refractivity contribution in [3.63, 3.8) is 0 Å². The van der Waals surface area contributed by atoms with E-state index in [-0.39, 0.29) is 5.56 Å². The zero-order valence-electron chi connectivity index (χ0n) is 7.88. The van der Waals surface area contributed by atoms with Crippen LogP contribution in [0.4, 0.5) is 4.39 Å². The molecule has 0 aliphatic heterocycles. The number of alkyl halides is 1. The number of benzene rings is 1. The van der Waals surface area contributed by atoms with E-state index in [9.17, 15) is 9.18 Å². The van der Waals surface area contributed by atoms with Crippen molar-refractivity contribution in [2.75, 3.05) is 7.11 Å². The predicted octanol–water partition coefficient (Wildman–Crippen LogP) is 2.81. The molecule has 0 spiro atoms. The highest BCUT2D eigenvalue weighted by Gasteiger charge is 2.36. The molecule has 14 heavy (non-hydrogen) atoms. The zero-order chi connectivity index (χ0) is 10.8. The summed E-state index contributed by atoms with van der Waals surface area (Å²) in [6, 6.07) is 6.44. The van der Waals surface area contributed by atoms with Gasteiger partial charge in [0.25, 0.3) is 0 Å². The molecule has 1 rings (SSSR count). The molecule has 0 fully saturated rings. The molecular formula is C10H10BrFO2. The van der Waals surface area contributed by atoms with Crippen LogP contribution in [0.3, 0.4) is 0 Å². The maximum Gasteiger partial charge on any atom is 0.348 e. The highest BCUT2D eigenvalue weighted by Crippen LogP contribution is 2.27. The van der Waals surface area contributed by atoms with Crippen molar-refractivity contribution in [2.45, 2.75) is 12.6 Å². The summed E-state index contributed by atoms with van der Waals surface area (Å²) in [7, 11) is 1.17. The van der Waals surface area contributed by atoms with Gasteiger partial charge < -0.3 is 4.74 Å². The summed E-state index contributed by atoms with van der Waals surface area (Å²) in [5.74, 6) is -0.889. The topological polar surface area (TPSA) is 26.3 Å². The van der Waals surface area contributed by atoms with Gasteiger partial charge in [0, 0.05) is 10.0 Å². The normalized spacial score (nSPS) is 14.6. The second kappa shape index (κ2) is 4.09. The molecule has 0 aromatic heterocycles. The van der Waals surface area contributed by atoms with Crippen molar-refractivity contribution < 1.29 is 13.9 Å². The number of hydrogen-bond acceptors (Lipinski definition) is 2. The van der Waals surface area contributed by atoms with Crippen LogP contribution < -0.4 is 0 Å². The van der Waals surface area contributed by atoms with Crippen LogP contribution in [-0.4, -0.2) is 13.1 Å². The first-order chi connectivity index (χ1) is 6.48. The number of esters is 1. The Bertz CT molecular complexity index is 332. The predicted molar refractivity (Wildman–Crippen MR) is 54.6 cm³/mol. The maximum absolute atomic E-state index is 13.9. The Labute approximate surface area is 90.2 Å². The quantitative estimate of drug-likeness (QED) is 0.765. The Balaban J connectivity index is 3.03. The third kappa shape index (κ3) is 2.12. The molecule has 2 nitrogen and oxygen atoms in total. The Morgan fingerprint density at radius 1 is 1.43 bits per heavy atom. The van der Waals surface area contributed by atoms with Crippen molar-refractivity contribution in [3.8, 4) is 0 Å². The monoisotopic (exact) mass is 260 g/mol. The van der Waals surface area contributed by atoms with Crippen LogP contribution in [0, 0.1) is 0 Å². The molecule has 0 aliphatic rings. The molecule has 0 amide bonds. The van der Waals surface area contributed by atoms with Crippen LogP contribution in [0.25, 0.3) is 0 Å². The highest BCUT2D eigenvalue weighted by molar-refractivity contribution is 9.10. The molecule has 0 radical (unpaired) electrons. The minimum absolute atomic E-state index is 0.285. The van der Waals surface area contributed by atoms with Crippen molar-refractivity contribution in [1.29, 1.82) is 0 Å². The summed E-state index contributed by atoms with van der Waals surface area (Å²) in [4.78, 5) is 11.1. The summed E-state index contributed by atoms with van der Waals surface area (Å²) in [6.45, 7) is 1.18. The first-order valence-electron chi connectivity index (χ1n) is 4.02. The molecule has 1 aromatic carbocycles. The van der Waals surface area contributed by atoms with Gasteiger partial charge >= 0.3 is 5.97 Å². The molecule has 1 aromatic rings. The molecule has 76 valence electrons. The third-order valence-corrected chi connectivity index (χ3v) is 2.48. The Hall–Kier alpha value is -0.900. The van der Waals surface area contributed by atoms with Crippen LogP contribution >= 0.6 is 15.9 Å². The number of carbonyl (C=O) groups is 1. The lowest BCUT2D eigenvalue weighted by Crippen LogP contribution is -2.28. The van der Waals surface area contributed by atoms with Gasteiger partial charge in [-0.15, -0.1) is 0 Å². The van der Waals surface area contributed by atoms with Gasteiger partial charge in [-0.25, -0.2) is 9.18 Å². The zero-order valence-corrected chi connectivity index (χ0v) is 9.47. The summed E-state index contributed by atoms with van der Waals surface area (Å²) >= 11 is 3.23. The maximum atomic E-state index is 13.9. The number of carbonyl (C=O) groups excluding carboxylic acids is 1. The van der Waals surface area contributed by atoms with E-state index in [4.69, 9.17) is 0 Å². The lowest BCUT2D eigenvalue weighted by molar-refractivity contribution is -0.154. The Morgan fingerprint density at radius 3 is 2.36 bits per heavy atom. The molecule has 4 heteroatoms. The summed E-state index contributed by atoms with van der Waals surface area (Å²) < 4.78 is 19.1. The third-order valence-electron chi connectivity index (χ3n) is 1.96. The van der Waals surface area contributed by atoms with Gasteiger partial charge in [-0.1, -0.05) is 28.1 Å². The molecule has 1 unspecified atom stereocenters. The fraction of sp³-hybridized carbons (Fsp3) is 0.300. The van der Waals surface area contributed by atoms with Crippen LogP contribution in [0.1, 0.15) is 12.5 Å². The molecule has 0 N–H and O–H groups in total. The van der Waals surface area contributed by atoms with Crippen molar-refractivity contribution in [1.82, 2.24) is 0 Å². The smallest absolute Gasteiger partial charge is 0.348 e. The fourth-order valence-corrected chi connectivity index (χ4v) is 1.34. The number of halogens is 2. The largest absolute Gasteiger partial charge is 0.466 e. The van der Waals surface area contributed by atoms with Gasteiger partial charge in [0.15, 0.2) is 0 Å². The van der Waals surface area contributed by atoms with E-state index in [0.717, 1.165) is 4.47 Å². The lowest BCUT2D eigenvalue weighted by Gasteiger charge is -2.17. The van der Waals surface area contributed by atoms with Crippen molar-refractivity contribution in [2.24, 2.45) is 0 Å². The molecule has 0 saturated carbocycles. The molecular weight excluding hydrogens is 251 g/mol. The van der Waals surface area contributed by atoms with E-state index in [2.05, 4.69) is 20.7 Å². The minimum Gasteiger partial charge on any atom is -0.466 e. The standard InChI is InChI=1S/C10H10BrFO2/c1-10(12,9(13)14-2)7-3-5-8(11)6-4-7/h3-6H,1-2H3. The molecule has 0 aliphatic carbocycles. The summed E-state index contributed by atoms with van der Waals surface area (Å²) in [5.41, 5.74) is -1.80. The Morgan fingerprint density at radius 2 is 1.93 bits per heavy atom. The van der Waals surface area contributed by atoms with E-state index in [1.54, 1.807) is 24.3 Å². The Kier molecular flexibility index (Phi) is 3.26. The number of hydrogen-bond donors (Lipinski definition) is 0. The van der Waals surface area contributed by atoms with Gasteiger partial charge in [-0.05, 0) is 19.1 Å². The van der Waals surface area contributed by atoms with Gasteiger partial charge in [-0.2, -0.15) is 0 Å². The van der Waals surface area contributed by atoms with Crippen LogP contribution in [-0.2, 0) is 15.2 Å². The SMILES string of the molecule is COC(=O)C(C)(F)c1ccc(Br)cc1. The van der Waals surface area contributed by atoms with Crippen LogP contribution in [0.5, 0.6) is 0 Å². The summed E-state index contributed by atoms with van der Waals surface area (Å²) in [5, 5.41) is 0. The highest BCUT2D eigenvalue weighted by atomic mass is 79.9. The van der Waals surface area contributed by atoms with E-state index >= 15 is 0 Å². The average Bonchev–Trinajstić information content (AvgIpc) is 2.17. The number of rotatable bonds is 2. The molecule has 0 saturated heterocycles. The van der Waals surface area contributed by atoms with Gasteiger partial charge in [-0.3, -0.25) is 0 Å². The van der Waals surface area contributed by atoms with E-state index in [0.29, 0.717) is 0 Å². The van der Waals surface area contributed by atoms with E-state index in [1.807, 2.05) is 0 Å². The van der Waals surface area contributed by atoms with Crippen molar-refractivity contribution in [3.05, 3.63) is 34.3 Å². The first kappa shape index (κ1) is 11.2. The van der Waals surface area contributed by atoms with Gasteiger partial charge in [0.1, 0.15) is 0 Å². The second-order valence-electron chi connectivity index (χ2n) is 3.00. The van der Waals surface area contributed by atoms with Crippen LogP contribution in [0.15, 0.2) is 28.7 Å². The first-order valence-corrected chi connectivity index (χ1v) is 4.81. The molecule has 0 bridgehead atoms. The number of methoxy groups -OCH3 is 1. The molecule has 0 heterocycles. The van der Waals surface area contributed by atoms with Gasteiger partial charge in [0.2, 0.25) is 5.67 Å². The lowest BCUT2D eigenvalue weighted by atomic mass is 9.98. The van der Waals surface area contributed by atoms with Crippen molar-refractivity contribution >= 4 is 21.9 Å². The van der Waals surface area contributed by atoms with E-state index in [1.165, 1.54) is 14.0 Å². The van der Waals surface area contributed by atoms with E-state index < -0.39 is 11.6 Å². The average molecular weight is 261 g/mol. The van der Waals surface area contributed by atoms with Gasteiger partial charge in [0.05, 0.1) is 7.11 Å².